The molecule has 0 fully saturated rings. The lowest BCUT2D eigenvalue weighted by atomic mass is 10.2. The van der Waals surface area contributed by atoms with Crippen LogP contribution in [0.2, 0.25) is 5.02 Å². The van der Waals surface area contributed by atoms with Crippen LogP contribution in [0.4, 0.5) is 10.5 Å². The number of anilines is 1. The van der Waals surface area contributed by atoms with E-state index in [0.717, 1.165) is 17.1 Å². The van der Waals surface area contributed by atoms with Gasteiger partial charge >= 0.3 is 6.03 Å². The summed E-state index contributed by atoms with van der Waals surface area (Å²) in [6.45, 7) is 0.320. The molecule has 24 heavy (non-hydrogen) atoms. The zero-order valence-electron chi connectivity index (χ0n) is 13.0. The van der Waals surface area contributed by atoms with Crippen molar-refractivity contribution in [3.8, 4) is 11.4 Å². The summed E-state index contributed by atoms with van der Waals surface area (Å²) in [5.41, 5.74) is 3.16. The van der Waals surface area contributed by atoms with Crippen LogP contribution < -0.4 is 10.6 Å². The number of urea groups is 1. The van der Waals surface area contributed by atoms with Crippen LogP contribution >= 0.6 is 11.6 Å². The van der Waals surface area contributed by atoms with Crippen molar-refractivity contribution in [1.29, 1.82) is 0 Å². The van der Waals surface area contributed by atoms with Crippen molar-refractivity contribution in [1.82, 2.24) is 20.1 Å². The normalized spacial score (nSPS) is 10.4. The van der Waals surface area contributed by atoms with Gasteiger partial charge in [-0.3, -0.25) is 9.67 Å². The summed E-state index contributed by atoms with van der Waals surface area (Å²) in [4.78, 5) is 16.2. The number of benzene rings is 1. The Hall–Kier alpha value is -2.86. The van der Waals surface area contributed by atoms with Gasteiger partial charge in [0.05, 0.1) is 23.6 Å². The fourth-order valence-electron chi connectivity index (χ4n) is 2.25. The predicted molar refractivity (Wildman–Crippen MR) is 93.7 cm³/mol. The van der Waals surface area contributed by atoms with Crippen molar-refractivity contribution in [3.05, 3.63) is 65.4 Å². The Kier molecular flexibility index (Phi) is 4.77. The van der Waals surface area contributed by atoms with E-state index in [2.05, 4.69) is 20.7 Å². The summed E-state index contributed by atoms with van der Waals surface area (Å²) in [6.07, 6.45) is 1.74. The monoisotopic (exact) mass is 341 g/mol. The molecule has 0 spiro atoms. The summed E-state index contributed by atoms with van der Waals surface area (Å²) < 4.78 is 1.75. The van der Waals surface area contributed by atoms with Crippen molar-refractivity contribution < 1.29 is 4.79 Å². The van der Waals surface area contributed by atoms with Crippen LogP contribution in [0.15, 0.2) is 54.7 Å². The summed E-state index contributed by atoms with van der Waals surface area (Å²) >= 11 is 5.81. The van der Waals surface area contributed by atoms with E-state index < -0.39 is 0 Å². The quantitative estimate of drug-likeness (QED) is 0.763. The van der Waals surface area contributed by atoms with Crippen LogP contribution in [0.5, 0.6) is 0 Å². The molecule has 3 rings (SSSR count). The molecule has 122 valence electrons. The Bertz CT molecular complexity index is 830. The molecule has 0 aliphatic heterocycles. The van der Waals surface area contributed by atoms with Gasteiger partial charge in [0.25, 0.3) is 0 Å². The highest BCUT2D eigenvalue weighted by Gasteiger charge is 2.09. The molecular weight excluding hydrogens is 326 g/mol. The second-order valence-corrected chi connectivity index (χ2v) is 5.61. The van der Waals surface area contributed by atoms with Crippen LogP contribution in [0.25, 0.3) is 11.4 Å². The Morgan fingerprint density at radius 1 is 1.21 bits per heavy atom. The highest BCUT2D eigenvalue weighted by molar-refractivity contribution is 6.30. The number of carbonyl (C=O) groups is 1. The first-order valence-corrected chi connectivity index (χ1v) is 7.74. The van der Waals surface area contributed by atoms with Gasteiger partial charge in [-0.2, -0.15) is 5.10 Å². The Morgan fingerprint density at radius 3 is 2.71 bits per heavy atom. The van der Waals surface area contributed by atoms with Crippen LogP contribution in [0, 0.1) is 0 Å². The van der Waals surface area contributed by atoms with E-state index in [1.807, 2.05) is 31.3 Å². The van der Waals surface area contributed by atoms with E-state index in [9.17, 15) is 4.79 Å². The zero-order chi connectivity index (χ0) is 16.9. The highest BCUT2D eigenvalue weighted by atomic mass is 35.5. The number of hydrogen-bond acceptors (Lipinski definition) is 3. The number of halogens is 1. The van der Waals surface area contributed by atoms with Crippen LogP contribution in [0.1, 0.15) is 5.69 Å². The number of amides is 2. The van der Waals surface area contributed by atoms with Crippen LogP contribution in [-0.4, -0.2) is 20.8 Å². The van der Waals surface area contributed by atoms with E-state index in [-0.39, 0.29) is 6.03 Å². The second kappa shape index (κ2) is 7.14. The van der Waals surface area contributed by atoms with Gasteiger partial charge in [-0.25, -0.2) is 4.79 Å². The molecule has 0 atom stereocenters. The molecule has 0 unspecified atom stereocenters. The summed E-state index contributed by atoms with van der Waals surface area (Å²) in [7, 11) is 1.85. The predicted octanol–water partition coefficient (Wildman–Crippen LogP) is 3.46. The third-order valence-electron chi connectivity index (χ3n) is 3.39. The maximum Gasteiger partial charge on any atom is 0.319 e. The van der Waals surface area contributed by atoms with Gasteiger partial charge in [-0.15, -0.1) is 0 Å². The largest absolute Gasteiger partial charge is 0.332 e. The Balaban J connectivity index is 1.61. The lowest BCUT2D eigenvalue weighted by molar-refractivity contribution is 0.251. The number of hydrogen-bond donors (Lipinski definition) is 2. The highest BCUT2D eigenvalue weighted by Crippen LogP contribution is 2.17. The molecule has 2 amide bonds. The first-order chi connectivity index (χ1) is 11.6. The standard InChI is InChI=1S/C17H16ClN5O/c1-23-16(15-4-2-3-9-19-15)10-14(22-23)11-20-17(24)21-13-7-5-12(18)6-8-13/h2-10H,11H2,1H3,(H2,20,21,24). The number of pyridine rings is 1. The van der Waals surface area contributed by atoms with E-state index in [1.54, 1.807) is 35.1 Å². The minimum Gasteiger partial charge on any atom is -0.332 e. The molecule has 0 saturated heterocycles. The summed E-state index contributed by atoms with van der Waals surface area (Å²) in [5, 5.41) is 10.5. The fraction of sp³-hybridized carbons (Fsp3) is 0.118. The number of carbonyl (C=O) groups excluding carboxylic acids is 1. The molecule has 0 aliphatic rings. The summed E-state index contributed by atoms with van der Waals surface area (Å²) in [6, 6.07) is 14.2. The molecule has 2 aromatic heterocycles. The summed E-state index contributed by atoms with van der Waals surface area (Å²) in [5.74, 6) is 0. The van der Waals surface area contributed by atoms with Crippen molar-refractivity contribution in [2.45, 2.75) is 6.54 Å². The first kappa shape index (κ1) is 16.0. The molecule has 0 radical (unpaired) electrons. The average molecular weight is 342 g/mol. The molecule has 2 N–H and O–H groups in total. The maximum absolute atomic E-state index is 11.9. The minimum atomic E-state index is -0.303. The third kappa shape index (κ3) is 3.91. The van der Waals surface area contributed by atoms with Crippen molar-refractivity contribution in [2.24, 2.45) is 7.05 Å². The van der Waals surface area contributed by atoms with E-state index >= 15 is 0 Å². The number of nitrogens with one attached hydrogen (secondary N) is 2. The van der Waals surface area contributed by atoms with Gasteiger partial charge in [-0.1, -0.05) is 17.7 Å². The zero-order valence-corrected chi connectivity index (χ0v) is 13.8. The van der Waals surface area contributed by atoms with Crippen molar-refractivity contribution >= 4 is 23.3 Å². The molecule has 7 heteroatoms. The van der Waals surface area contributed by atoms with E-state index in [4.69, 9.17) is 11.6 Å². The van der Waals surface area contributed by atoms with Gasteiger partial charge in [0, 0.05) is 24.0 Å². The lowest BCUT2D eigenvalue weighted by Crippen LogP contribution is -2.28. The van der Waals surface area contributed by atoms with Crippen molar-refractivity contribution in [3.63, 3.8) is 0 Å². The number of aromatic nitrogens is 3. The minimum absolute atomic E-state index is 0.303. The molecule has 6 nitrogen and oxygen atoms in total. The fourth-order valence-corrected chi connectivity index (χ4v) is 2.37. The molecular formula is C17H16ClN5O. The molecule has 1 aromatic carbocycles. The average Bonchev–Trinajstić information content (AvgIpc) is 2.97. The Labute approximate surface area is 144 Å². The molecule has 2 heterocycles. The van der Waals surface area contributed by atoms with E-state index in [0.29, 0.717) is 17.3 Å². The second-order valence-electron chi connectivity index (χ2n) is 5.17. The molecule has 0 saturated carbocycles. The van der Waals surface area contributed by atoms with E-state index in [1.165, 1.54) is 0 Å². The molecule has 0 bridgehead atoms. The maximum atomic E-state index is 11.9. The van der Waals surface area contributed by atoms with Crippen LogP contribution in [-0.2, 0) is 13.6 Å². The molecule has 3 aromatic rings. The molecule has 0 aliphatic carbocycles. The SMILES string of the molecule is Cn1nc(CNC(=O)Nc2ccc(Cl)cc2)cc1-c1ccccn1. The Morgan fingerprint density at radius 2 is 2.00 bits per heavy atom. The topological polar surface area (TPSA) is 71.8 Å². The smallest absolute Gasteiger partial charge is 0.319 e. The van der Waals surface area contributed by atoms with Gasteiger partial charge in [-0.05, 0) is 42.5 Å². The van der Waals surface area contributed by atoms with Crippen LogP contribution in [0.3, 0.4) is 0 Å². The van der Waals surface area contributed by atoms with Gasteiger partial charge < -0.3 is 10.6 Å². The van der Waals surface area contributed by atoms with Gasteiger partial charge in [0.2, 0.25) is 0 Å². The van der Waals surface area contributed by atoms with Gasteiger partial charge in [0.1, 0.15) is 0 Å². The number of nitrogens with zero attached hydrogens (tertiary/aromatic N) is 3. The lowest BCUT2D eigenvalue weighted by Gasteiger charge is -2.06. The third-order valence-corrected chi connectivity index (χ3v) is 3.64. The number of rotatable bonds is 4. The van der Waals surface area contributed by atoms with Gasteiger partial charge in [0.15, 0.2) is 0 Å². The van der Waals surface area contributed by atoms with Crippen molar-refractivity contribution in [2.75, 3.05) is 5.32 Å². The first-order valence-electron chi connectivity index (χ1n) is 7.36. The number of aryl methyl sites for hydroxylation is 1.